The minimum absolute atomic E-state index is 0.0661. The molecule has 1 saturated heterocycles. The molecule has 0 spiro atoms. The maximum atomic E-state index is 12.4. The molecule has 0 unspecified atom stereocenters. The molecule has 1 N–H and O–H groups in total. The molecule has 6 heteroatoms. The van der Waals surface area contributed by atoms with Gasteiger partial charge >= 0.3 is 0 Å². The smallest absolute Gasteiger partial charge is 0.179 e. The van der Waals surface area contributed by atoms with Gasteiger partial charge in [-0.25, -0.2) is 8.42 Å². The summed E-state index contributed by atoms with van der Waals surface area (Å²) < 4.78 is 29.9. The number of aliphatic hydroxyl groups excluding tert-OH is 1. The number of benzene rings is 1. The van der Waals surface area contributed by atoms with Crippen molar-refractivity contribution >= 4 is 9.84 Å². The lowest BCUT2D eigenvalue weighted by molar-refractivity contribution is 0.0958. The highest BCUT2D eigenvalue weighted by atomic mass is 32.2. The molecule has 118 valence electrons. The van der Waals surface area contributed by atoms with Gasteiger partial charge in [0.2, 0.25) is 0 Å². The summed E-state index contributed by atoms with van der Waals surface area (Å²) in [6, 6.07) is 6.65. The van der Waals surface area contributed by atoms with Gasteiger partial charge in [-0.2, -0.15) is 0 Å². The minimum atomic E-state index is -3.33. The SMILES string of the molecule is COc1cccc(S(=O)(=O)CCN2CCCC[C@@H]2CO)c1. The predicted molar refractivity (Wildman–Crippen MR) is 81.3 cm³/mol. The standard InChI is InChI=1S/C15H23NO4S/c1-20-14-6-4-7-15(11-14)21(18,19)10-9-16-8-3-2-5-13(16)12-17/h4,6-7,11,13,17H,2-3,5,8-10,12H2,1H3/t13-/m1/s1. The van der Waals surface area contributed by atoms with Crippen LogP contribution < -0.4 is 4.74 Å². The second-order valence-electron chi connectivity index (χ2n) is 5.37. The molecule has 0 bridgehead atoms. The lowest BCUT2D eigenvalue weighted by atomic mass is 10.0. The maximum Gasteiger partial charge on any atom is 0.179 e. The van der Waals surface area contributed by atoms with E-state index in [4.69, 9.17) is 4.74 Å². The molecule has 0 aromatic heterocycles. The number of aliphatic hydroxyl groups is 1. The molecule has 0 saturated carbocycles. The second kappa shape index (κ2) is 7.24. The van der Waals surface area contributed by atoms with Crippen LogP contribution in [0.3, 0.4) is 0 Å². The Balaban J connectivity index is 2.03. The Morgan fingerprint density at radius 3 is 2.90 bits per heavy atom. The van der Waals surface area contributed by atoms with Crippen LogP contribution in [0, 0.1) is 0 Å². The van der Waals surface area contributed by atoms with Crippen LogP contribution in [-0.2, 0) is 9.84 Å². The fourth-order valence-corrected chi connectivity index (χ4v) is 4.00. The summed E-state index contributed by atoms with van der Waals surface area (Å²) in [6.07, 6.45) is 3.11. The monoisotopic (exact) mass is 313 g/mol. The van der Waals surface area contributed by atoms with Gasteiger partial charge in [0, 0.05) is 12.6 Å². The average Bonchev–Trinajstić information content (AvgIpc) is 2.53. The van der Waals surface area contributed by atoms with Gasteiger partial charge in [0.05, 0.1) is 24.4 Å². The fraction of sp³-hybridized carbons (Fsp3) is 0.600. The Bertz CT molecular complexity index is 559. The van der Waals surface area contributed by atoms with Crippen molar-refractivity contribution in [1.82, 2.24) is 4.90 Å². The first-order valence-corrected chi connectivity index (χ1v) is 8.94. The van der Waals surface area contributed by atoms with E-state index in [1.54, 1.807) is 24.3 Å². The van der Waals surface area contributed by atoms with Crippen LogP contribution in [0.15, 0.2) is 29.2 Å². The Kier molecular flexibility index (Phi) is 5.61. The van der Waals surface area contributed by atoms with Gasteiger partial charge in [0.1, 0.15) is 5.75 Å². The van der Waals surface area contributed by atoms with E-state index in [0.29, 0.717) is 17.2 Å². The number of rotatable bonds is 6. The first kappa shape index (κ1) is 16.3. The van der Waals surface area contributed by atoms with Crippen LogP contribution in [0.4, 0.5) is 0 Å². The maximum absolute atomic E-state index is 12.4. The predicted octanol–water partition coefficient (Wildman–Crippen LogP) is 1.32. The van der Waals surface area contributed by atoms with Crippen LogP contribution in [-0.4, -0.2) is 57.0 Å². The van der Waals surface area contributed by atoms with Crippen molar-refractivity contribution in [3.05, 3.63) is 24.3 Å². The van der Waals surface area contributed by atoms with E-state index in [1.807, 2.05) is 0 Å². The minimum Gasteiger partial charge on any atom is -0.497 e. The second-order valence-corrected chi connectivity index (χ2v) is 7.48. The molecule has 5 nitrogen and oxygen atoms in total. The van der Waals surface area contributed by atoms with E-state index in [-0.39, 0.29) is 18.4 Å². The fourth-order valence-electron chi connectivity index (χ4n) is 2.71. The lowest BCUT2D eigenvalue weighted by Crippen LogP contribution is -2.44. The van der Waals surface area contributed by atoms with E-state index in [9.17, 15) is 13.5 Å². The Morgan fingerprint density at radius 2 is 2.19 bits per heavy atom. The molecular weight excluding hydrogens is 290 g/mol. The van der Waals surface area contributed by atoms with Crippen molar-refractivity contribution in [1.29, 1.82) is 0 Å². The van der Waals surface area contributed by atoms with Crippen molar-refractivity contribution in [3.8, 4) is 5.75 Å². The van der Waals surface area contributed by atoms with Crippen LogP contribution in [0.1, 0.15) is 19.3 Å². The highest BCUT2D eigenvalue weighted by Crippen LogP contribution is 2.20. The zero-order valence-corrected chi connectivity index (χ0v) is 13.2. The largest absolute Gasteiger partial charge is 0.497 e. The van der Waals surface area contributed by atoms with Crippen molar-refractivity contribution < 1.29 is 18.3 Å². The first-order chi connectivity index (χ1) is 10.1. The van der Waals surface area contributed by atoms with Crippen molar-refractivity contribution in [2.45, 2.75) is 30.2 Å². The molecule has 1 aromatic carbocycles. The highest BCUT2D eigenvalue weighted by Gasteiger charge is 2.24. The molecule has 2 rings (SSSR count). The summed E-state index contributed by atoms with van der Waals surface area (Å²) in [4.78, 5) is 2.38. The molecular formula is C15H23NO4S. The number of likely N-dealkylation sites (tertiary alicyclic amines) is 1. The topological polar surface area (TPSA) is 66.8 Å². The first-order valence-electron chi connectivity index (χ1n) is 7.28. The molecule has 1 aromatic rings. The van der Waals surface area contributed by atoms with E-state index in [0.717, 1.165) is 25.8 Å². The summed E-state index contributed by atoms with van der Waals surface area (Å²) >= 11 is 0. The zero-order chi connectivity index (χ0) is 15.3. The van der Waals surface area contributed by atoms with E-state index in [1.165, 1.54) is 7.11 Å². The number of hydrogen-bond acceptors (Lipinski definition) is 5. The highest BCUT2D eigenvalue weighted by molar-refractivity contribution is 7.91. The number of methoxy groups -OCH3 is 1. The molecule has 1 fully saturated rings. The van der Waals surface area contributed by atoms with Crippen LogP contribution in [0.2, 0.25) is 0 Å². The molecule has 1 atom stereocenters. The molecule has 21 heavy (non-hydrogen) atoms. The van der Waals surface area contributed by atoms with Crippen molar-refractivity contribution in [3.63, 3.8) is 0 Å². The summed E-state index contributed by atoms with van der Waals surface area (Å²) in [5.41, 5.74) is 0. The number of sulfone groups is 1. The summed E-state index contributed by atoms with van der Waals surface area (Å²) in [6.45, 7) is 1.42. The Labute approximate surface area is 126 Å². The molecule has 1 heterocycles. The Hall–Kier alpha value is -1.11. The normalized spacial score (nSPS) is 20.4. The van der Waals surface area contributed by atoms with Crippen molar-refractivity contribution in [2.24, 2.45) is 0 Å². The van der Waals surface area contributed by atoms with E-state index >= 15 is 0 Å². The number of hydrogen-bond donors (Lipinski definition) is 1. The third-order valence-electron chi connectivity index (χ3n) is 4.01. The third-order valence-corrected chi connectivity index (χ3v) is 5.70. The summed E-state index contributed by atoms with van der Waals surface area (Å²) in [5, 5.41) is 9.37. The van der Waals surface area contributed by atoms with Crippen LogP contribution >= 0.6 is 0 Å². The van der Waals surface area contributed by atoms with Gasteiger partial charge in [-0.3, -0.25) is 4.90 Å². The molecule has 1 aliphatic rings. The number of piperidine rings is 1. The van der Waals surface area contributed by atoms with Crippen LogP contribution in [0.5, 0.6) is 5.75 Å². The van der Waals surface area contributed by atoms with Gasteiger partial charge < -0.3 is 9.84 Å². The molecule has 0 amide bonds. The molecule has 0 radical (unpaired) electrons. The van der Waals surface area contributed by atoms with E-state index in [2.05, 4.69) is 4.90 Å². The number of ether oxygens (including phenoxy) is 1. The zero-order valence-electron chi connectivity index (χ0n) is 12.4. The third kappa shape index (κ3) is 4.18. The summed E-state index contributed by atoms with van der Waals surface area (Å²) in [5.74, 6) is 0.610. The van der Waals surface area contributed by atoms with Gasteiger partial charge in [0.15, 0.2) is 9.84 Å². The molecule has 1 aliphatic heterocycles. The van der Waals surface area contributed by atoms with Crippen LogP contribution in [0.25, 0.3) is 0 Å². The van der Waals surface area contributed by atoms with Gasteiger partial charge in [-0.15, -0.1) is 0 Å². The van der Waals surface area contributed by atoms with Gasteiger partial charge in [0.25, 0.3) is 0 Å². The van der Waals surface area contributed by atoms with Gasteiger partial charge in [-0.05, 0) is 37.6 Å². The van der Waals surface area contributed by atoms with Gasteiger partial charge in [-0.1, -0.05) is 12.5 Å². The summed E-state index contributed by atoms with van der Waals surface area (Å²) in [7, 11) is -1.81. The van der Waals surface area contributed by atoms with E-state index < -0.39 is 9.84 Å². The lowest BCUT2D eigenvalue weighted by Gasteiger charge is -2.34. The Morgan fingerprint density at radius 1 is 1.38 bits per heavy atom. The van der Waals surface area contributed by atoms with Crippen molar-refractivity contribution in [2.75, 3.05) is 32.6 Å². The quantitative estimate of drug-likeness (QED) is 0.858. The average molecular weight is 313 g/mol. The molecule has 0 aliphatic carbocycles. The number of nitrogens with zero attached hydrogens (tertiary/aromatic N) is 1.